The summed E-state index contributed by atoms with van der Waals surface area (Å²) >= 11 is 3.44. The fraction of sp³-hybridized carbons (Fsp3) is 0.154. The van der Waals surface area contributed by atoms with Gasteiger partial charge in [0.15, 0.2) is 0 Å². The number of pyridine rings is 1. The van der Waals surface area contributed by atoms with Gasteiger partial charge >= 0.3 is 0 Å². The molecule has 0 bridgehead atoms. The molecule has 0 atom stereocenters. The Morgan fingerprint density at radius 1 is 1.39 bits per heavy atom. The minimum Gasteiger partial charge on any atom is -0.496 e. The molecule has 0 aliphatic heterocycles. The van der Waals surface area contributed by atoms with Gasteiger partial charge in [-0.1, -0.05) is 0 Å². The number of aromatic nitrogens is 1. The summed E-state index contributed by atoms with van der Waals surface area (Å²) in [5, 5.41) is 3.24. The third kappa shape index (κ3) is 2.92. The van der Waals surface area contributed by atoms with E-state index in [2.05, 4.69) is 26.2 Å². The van der Waals surface area contributed by atoms with Crippen molar-refractivity contribution < 1.29 is 4.74 Å². The van der Waals surface area contributed by atoms with E-state index in [0.29, 0.717) is 12.2 Å². The predicted molar refractivity (Wildman–Crippen MR) is 76.7 cm³/mol. The van der Waals surface area contributed by atoms with Crippen LogP contribution in [-0.4, -0.2) is 12.1 Å². The van der Waals surface area contributed by atoms with Gasteiger partial charge in [0.2, 0.25) is 0 Å². The van der Waals surface area contributed by atoms with Crippen molar-refractivity contribution >= 4 is 27.4 Å². The van der Waals surface area contributed by atoms with Crippen LogP contribution >= 0.6 is 15.9 Å². The molecule has 0 amide bonds. The number of ether oxygens (including phenoxy) is 1. The van der Waals surface area contributed by atoms with E-state index in [9.17, 15) is 0 Å². The van der Waals surface area contributed by atoms with E-state index in [4.69, 9.17) is 10.5 Å². The number of hydrogen-bond acceptors (Lipinski definition) is 4. The number of hydrogen-bond donors (Lipinski definition) is 2. The summed E-state index contributed by atoms with van der Waals surface area (Å²) in [5.41, 5.74) is 7.48. The van der Waals surface area contributed by atoms with Crippen LogP contribution in [0, 0.1) is 0 Å². The van der Waals surface area contributed by atoms with Crippen molar-refractivity contribution in [3.8, 4) is 5.75 Å². The Morgan fingerprint density at radius 3 is 2.94 bits per heavy atom. The maximum absolute atomic E-state index is 5.77. The summed E-state index contributed by atoms with van der Waals surface area (Å²) in [4.78, 5) is 4.24. The topological polar surface area (TPSA) is 60.2 Å². The molecule has 1 aromatic heterocycles. The van der Waals surface area contributed by atoms with Gasteiger partial charge in [0.25, 0.3) is 0 Å². The number of halogens is 1. The zero-order valence-corrected chi connectivity index (χ0v) is 11.6. The fourth-order valence-electron chi connectivity index (χ4n) is 1.63. The number of nitrogens with zero attached hydrogens (tertiary/aromatic N) is 1. The van der Waals surface area contributed by atoms with Gasteiger partial charge in [0.1, 0.15) is 11.6 Å². The van der Waals surface area contributed by atoms with Crippen LogP contribution in [0.5, 0.6) is 5.75 Å². The zero-order valence-electron chi connectivity index (χ0n) is 9.98. The molecule has 5 heteroatoms. The van der Waals surface area contributed by atoms with Gasteiger partial charge in [-0.2, -0.15) is 0 Å². The minimum absolute atomic E-state index is 0.601. The van der Waals surface area contributed by atoms with Crippen LogP contribution in [0.25, 0.3) is 0 Å². The average molecular weight is 308 g/mol. The first-order valence-corrected chi connectivity index (χ1v) is 6.27. The molecular formula is C13H14BrN3O. The Labute approximate surface area is 114 Å². The average Bonchev–Trinajstić information content (AvgIpc) is 2.38. The van der Waals surface area contributed by atoms with Crippen molar-refractivity contribution in [3.05, 3.63) is 46.6 Å². The van der Waals surface area contributed by atoms with Gasteiger partial charge < -0.3 is 15.8 Å². The molecule has 0 saturated carbocycles. The van der Waals surface area contributed by atoms with Crippen LogP contribution in [0.4, 0.5) is 11.5 Å². The second-order valence-corrected chi connectivity index (χ2v) is 4.61. The Balaban J connectivity index is 2.15. The Bertz CT molecular complexity index is 546. The number of nitrogens with one attached hydrogen (secondary N) is 1. The molecule has 0 radical (unpaired) electrons. The lowest BCUT2D eigenvalue weighted by atomic mass is 10.2. The van der Waals surface area contributed by atoms with E-state index in [1.54, 1.807) is 13.3 Å². The van der Waals surface area contributed by atoms with Crippen molar-refractivity contribution in [3.63, 3.8) is 0 Å². The molecule has 0 saturated heterocycles. The third-order valence-electron chi connectivity index (χ3n) is 2.51. The van der Waals surface area contributed by atoms with Gasteiger partial charge in [-0.3, -0.25) is 0 Å². The summed E-state index contributed by atoms with van der Waals surface area (Å²) in [7, 11) is 1.64. The first-order chi connectivity index (χ1) is 8.70. The number of rotatable bonds is 4. The van der Waals surface area contributed by atoms with Crippen molar-refractivity contribution in [2.75, 3.05) is 18.2 Å². The Kier molecular flexibility index (Phi) is 4.04. The number of nitrogen functional groups attached to an aromatic ring is 1. The molecule has 18 heavy (non-hydrogen) atoms. The normalized spacial score (nSPS) is 10.1. The molecule has 0 unspecified atom stereocenters. The number of benzene rings is 1. The first-order valence-electron chi connectivity index (χ1n) is 5.47. The molecular weight excluding hydrogens is 294 g/mol. The molecule has 4 nitrogen and oxygen atoms in total. The maximum atomic E-state index is 5.77. The lowest BCUT2D eigenvalue weighted by Gasteiger charge is -2.11. The minimum atomic E-state index is 0.601. The van der Waals surface area contributed by atoms with Crippen LogP contribution in [0.1, 0.15) is 5.56 Å². The number of nitrogens with two attached hydrogens (primary N) is 1. The highest BCUT2D eigenvalue weighted by molar-refractivity contribution is 9.10. The van der Waals surface area contributed by atoms with Crippen LogP contribution in [-0.2, 0) is 6.54 Å². The van der Waals surface area contributed by atoms with E-state index in [1.807, 2.05) is 30.3 Å². The summed E-state index contributed by atoms with van der Waals surface area (Å²) in [5.74, 6) is 1.60. The second kappa shape index (κ2) is 5.73. The highest BCUT2D eigenvalue weighted by Crippen LogP contribution is 2.24. The maximum Gasteiger partial charge on any atom is 0.140 e. The van der Waals surface area contributed by atoms with Crippen LogP contribution in [0.3, 0.4) is 0 Å². The fourth-order valence-corrected chi connectivity index (χ4v) is 2.03. The second-order valence-electron chi connectivity index (χ2n) is 3.76. The standard InChI is InChI=1S/C13H14BrN3O/c1-18-12-5-4-10(15)7-9(12)8-17-13-11(14)3-2-6-16-13/h2-7H,8,15H2,1H3,(H,16,17). The number of anilines is 2. The molecule has 1 heterocycles. The van der Waals surface area contributed by atoms with Crippen molar-refractivity contribution in [1.82, 2.24) is 4.98 Å². The number of methoxy groups -OCH3 is 1. The van der Waals surface area contributed by atoms with Crippen LogP contribution < -0.4 is 15.8 Å². The summed E-state index contributed by atoms with van der Waals surface area (Å²) < 4.78 is 6.22. The third-order valence-corrected chi connectivity index (χ3v) is 3.15. The van der Waals surface area contributed by atoms with E-state index >= 15 is 0 Å². The zero-order chi connectivity index (χ0) is 13.0. The van der Waals surface area contributed by atoms with Gasteiger partial charge in [0.05, 0.1) is 11.6 Å². The van der Waals surface area contributed by atoms with Crippen molar-refractivity contribution in [1.29, 1.82) is 0 Å². The Hall–Kier alpha value is -1.75. The summed E-state index contributed by atoms with van der Waals surface area (Å²) in [6.45, 7) is 0.601. The van der Waals surface area contributed by atoms with Gasteiger partial charge in [0, 0.05) is 24.0 Å². The highest BCUT2D eigenvalue weighted by atomic mass is 79.9. The van der Waals surface area contributed by atoms with E-state index < -0.39 is 0 Å². The lowest BCUT2D eigenvalue weighted by molar-refractivity contribution is 0.410. The van der Waals surface area contributed by atoms with Gasteiger partial charge in [-0.05, 0) is 46.3 Å². The summed E-state index contributed by atoms with van der Waals surface area (Å²) in [6, 6.07) is 9.38. The molecule has 1 aromatic carbocycles. The molecule has 94 valence electrons. The molecule has 3 N–H and O–H groups in total. The quantitative estimate of drug-likeness (QED) is 0.852. The SMILES string of the molecule is COc1ccc(N)cc1CNc1ncccc1Br. The highest BCUT2D eigenvalue weighted by Gasteiger charge is 2.05. The predicted octanol–water partition coefficient (Wildman–Crippen LogP) is 3.05. The van der Waals surface area contributed by atoms with E-state index in [1.165, 1.54) is 0 Å². The first kappa shape index (κ1) is 12.7. The summed E-state index contributed by atoms with van der Waals surface area (Å²) in [6.07, 6.45) is 1.74. The van der Waals surface area contributed by atoms with Gasteiger partial charge in [-0.25, -0.2) is 4.98 Å². The Morgan fingerprint density at radius 2 is 2.22 bits per heavy atom. The molecule has 0 aliphatic rings. The monoisotopic (exact) mass is 307 g/mol. The van der Waals surface area contributed by atoms with Crippen LogP contribution in [0.2, 0.25) is 0 Å². The smallest absolute Gasteiger partial charge is 0.140 e. The van der Waals surface area contributed by atoms with Gasteiger partial charge in [-0.15, -0.1) is 0 Å². The molecule has 0 aliphatic carbocycles. The van der Waals surface area contributed by atoms with E-state index in [0.717, 1.165) is 21.6 Å². The van der Waals surface area contributed by atoms with E-state index in [-0.39, 0.29) is 0 Å². The molecule has 2 rings (SSSR count). The van der Waals surface area contributed by atoms with Crippen molar-refractivity contribution in [2.45, 2.75) is 6.54 Å². The van der Waals surface area contributed by atoms with Crippen LogP contribution in [0.15, 0.2) is 41.0 Å². The lowest BCUT2D eigenvalue weighted by Crippen LogP contribution is -2.04. The van der Waals surface area contributed by atoms with Crippen molar-refractivity contribution in [2.24, 2.45) is 0 Å². The molecule has 0 fully saturated rings. The largest absolute Gasteiger partial charge is 0.496 e. The molecule has 2 aromatic rings. The molecule has 0 spiro atoms.